The molecular weight excluding hydrogens is 259 g/mol. The lowest BCUT2D eigenvalue weighted by molar-refractivity contribution is -0.122. The van der Waals surface area contributed by atoms with Crippen LogP contribution in [0, 0.1) is 0 Å². The number of amides is 1. The van der Waals surface area contributed by atoms with Crippen molar-refractivity contribution in [3.8, 4) is 0 Å². The molecule has 1 aromatic carbocycles. The number of hydrogen-bond donors (Lipinski definition) is 2. The number of benzene rings is 1. The number of halogens is 2. The van der Waals surface area contributed by atoms with E-state index >= 15 is 0 Å². The minimum atomic E-state index is -0.0437. The van der Waals surface area contributed by atoms with E-state index in [1.165, 1.54) is 0 Å². The quantitative estimate of drug-likeness (QED) is 0.887. The summed E-state index contributed by atoms with van der Waals surface area (Å²) in [5.41, 5.74) is 0.950. The second-order valence-corrected chi connectivity index (χ2v) is 4.93. The van der Waals surface area contributed by atoms with Gasteiger partial charge >= 0.3 is 0 Å². The lowest BCUT2D eigenvalue weighted by atomic mass is 10.2. The molecule has 1 saturated heterocycles. The predicted molar refractivity (Wildman–Crippen MR) is 69.3 cm³/mol. The lowest BCUT2D eigenvalue weighted by Crippen LogP contribution is -2.39. The first-order valence-corrected chi connectivity index (χ1v) is 6.37. The molecule has 17 heavy (non-hydrogen) atoms. The Kier molecular flexibility index (Phi) is 4.26. The van der Waals surface area contributed by atoms with Gasteiger partial charge in [0.25, 0.3) is 0 Å². The Bertz CT molecular complexity index is 417. The van der Waals surface area contributed by atoms with E-state index in [9.17, 15) is 4.79 Å². The molecule has 0 bridgehead atoms. The molecule has 1 aliphatic rings. The fourth-order valence-electron chi connectivity index (χ4n) is 1.87. The standard InChI is InChI=1S/C12H14Cl2N2O/c13-9-4-3-8(6-10(9)14)7-16-12(17)11-2-1-5-15-11/h3-4,6,11,15H,1-2,5,7H2,(H,16,17). The minimum absolute atomic E-state index is 0.0437. The number of rotatable bonds is 3. The highest BCUT2D eigenvalue weighted by Crippen LogP contribution is 2.22. The molecule has 1 heterocycles. The van der Waals surface area contributed by atoms with Crippen molar-refractivity contribution >= 4 is 29.1 Å². The highest BCUT2D eigenvalue weighted by atomic mass is 35.5. The van der Waals surface area contributed by atoms with Crippen molar-refractivity contribution < 1.29 is 4.79 Å². The highest BCUT2D eigenvalue weighted by Gasteiger charge is 2.21. The van der Waals surface area contributed by atoms with Gasteiger partial charge in [0.2, 0.25) is 5.91 Å². The summed E-state index contributed by atoms with van der Waals surface area (Å²) in [6.45, 7) is 1.40. The van der Waals surface area contributed by atoms with Gasteiger partial charge in [-0.15, -0.1) is 0 Å². The maximum absolute atomic E-state index is 11.7. The third-order valence-electron chi connectivity index (χ3n) is 2.83. The summed E-state index contributed by atoms with van der Waals surface area (Å²) in [6, 6.07) is 5.32. The number of carbonyl (C=O) groups is 1. The summed E-state index contributed by atoms with van der Waals surface area (Å²) < 4.78 is 0. The largest absolute Gasteiger partial charge is 0.351 e. The second kappa shape index (κ2) is 5.71. The van der Waals surface area contributed by atoms with Crippen LogP contribution in [0.25, 0.3) is 0 Å². The zero-order chi connectivity index (χ0) is 12.3. The van der Waals surface area contributed by atoms with Gasteiger partial charge in [0.1, 0.15) is 0 Å². The van der Waals surface area contributed by atoms with Gasteiger partial charge in [0.05, 0.1) is 16.1 Å². The van der Waals surface area contributed by atoms with E-state index in [1.54, 1.807) is 12.1 Å². The van der Waals surface area contributed by atoms with Gasteiger partial charge in [0, 0.05) is 6.54 Å². The van der Waals surface area contributed by atoms with E-state index in [-0.39, 0.29) is 11.9 Å². The van der Waals surface area contributed by atoms with Gasteiger partial charge in [-0.05, 0) is 37.1 Å². The first kappa shape index (κ1) is 12.7. The fraction of sp³-hybridized carbons (Fsp3) is 0.417. The topological polar surface area (TPSA) is 41.1 Å². The van der Waals surface area contributed by atoms with Crippen LogP contribution in [0.15, 0.2) is 18.2 Å². The molecular formula is C12H14Cl2N2O. The van der Waals surface area contributed by atoms with E-state index in [0.717, 1.165) is 24.9 Å². The van der Waals surface area contributed by atoms with Crippen molar-refractivity contribution in [3.63, 3.8) is 0 Å². The van der Waals surface area contributed by atoms with Crippen LogP contribution in [0.4, 0.5) is 0 Å². The van der Waals surface area contributed by atoms with Crippen LogP contribution < -0.4 is 10.6 Å². The molecule has 0 aliphatic carbocycles. The molecule has 0 spiro atoms. The smallest absolute Gasteiger partial charge is 0.237 e. The second-order valence-electron chi connectivity index (χ2n) is 4.12. The van der Waals surface area contributed by atoms with Crippen molar-refractivity contribution in [1.82, 2.24) is 10.6 Å². The summed E-state index contributed by atoms with van der Waals surface area (Å²) in [5.74, 6) is 0.0496. The minimum Gasteiger partial charge on any atom is -0.351 e. The molecule has 1 atom stereocenters. The molecule has 92 valence electrons. The van der Waals surface area contributed by atoms with E-state index in [0.29, 0.717) is 16.6 Å². The Morgan fingerprint density at radius 1 is 1.41 bits per heavy atom. The summed E-state index contributed by atoms with van der Waals surface area (Å²) in [5, 5.41) is 7.08. The van der Waals surface area contributed by atoms with Crippen molar-refractivity contribution in [2.75, 3.05) is 6.54 Å². The fourth-order valence-corrected chi connectivity index (χ4v) is 2.19. The first-order valence-electron chi connectivity index (χ1n) is 5.62. The lowest BCUT2D eigenvalue weighted by Gasteiger charge is -2.11. The van der Waals surface area contributed by atoms with Crippen LogP contribution in [0.1, 0.15) is 18.4 Å². The van der Waals surface area contributed by atoms with Crippen LogP contribution in [-0.4, -0.2) is 18.5 Å². The van der Waals surface area contributed by atoms with Crippen molar-refractivity contribution in [3.05, 3.63) is 33.8 Å². The van der Waals surface area contributed by atoms with Gasteiger partial charge in [-0.3, -0.25) is 4.79 Å². The maximum Gasteiger partial charge on any atom is 0.237 e. The van der Waals surface area contributed by atoms with E-state index in [1.807, 2.05) is 6.07 Å². The number of nitrogens with one attached hydrogen (secondary N) is 2. The van der Waals surface area contributed by atoms with E-state index < -0.39 is 0 Å². The monoisotopic (exact) mass is 272 g/mol. The molecule has 1 aliphatic heterocycles. The van der Waals surface area contributed by atoms with Crippen molar-refractivity contribution in [2.24, 2.45) is 0 Å². The third kappa shape index (κ3) is 3.35. The summed E-state index contributed by atoms with van der Waals surface area (Å²) in [7, 11) is 0. The zero-order valence-electron chi connectivity index (χ0n) is 9.30. The first-order chi connectivity index (χ1) is 8.16. The van der Waals surface area contributed by atoms with Gasteiger partial charge in [-0.25, -0.2) is 0 Å². The Hall–Kier alpha value is -0.770. The molecule has 1 aromatic rings. The Morgan fingerprint density at radius 3 is 2.88 bits per heavy atom. The Labute approximate surface area is 110 Å². The van der Waals surface area contributed by atoms with Gasteiger partial charge in [0.15, 0.2) is 0 Å². The molecule has 3 nitrogen and oxygen atoms in total. The van der Waals surface area contributed by atoms with Crippen LogP contribution in [-0.2, 0) is 11.3 Å². The molecule has 5 heteroatoms. The van der Waals surface area contributed by atoms with Crippen LogP contribution in [0.2, 0.25) is 10.0 Å². The molecule has 1 unspecified atom stereocenters. The predicted octanol–water partition coefficient (Wildman–Crippen LogP) is 2.36. The molecule has 0 saturated carbocycles. The summed E-state index contributed by atoms with van der Waals surface area (Å²) in [6.07, 6.45) is 1.97. The van der Waals surface area contributed by atoms with E-state index in [2.05, 4.69) is 10.6 Å². The average Bonchev–Trinajstić information content (AvgIpc) is 2.84. The third-order valence-corrected chi connectivity index (χ3v) is 3.57. The van der Waals surface area contributed by atoms with Crippen molar-refractivity contribution in [1.29, 1.82) is 0 Å². The number of hydrogen-bond acceptors (Lipinski definition) is 2. The van der Waals surface area contributed by atoms with Crippen molar-refractivity contribution in [2.45, 2.75) is 25.4 Å². The summed E-state index contributed by atoms with van der Waals surface area (Å²) >= 11 is 11.7. The zero-order valence-corrected chi connectivity index (χ0v) is 10.8. The highest BCUT2D eigenvalue weighted by molar-refractivity contribution is 6.42. The van der Waals surface area contributed by atoms with Crippen LogP contribution in [0.3, 0.4) is 0 Å². The van der Waals surface area contributed by atoms with Crippen LogP contribution >= 0.6 is 23.2 Å². The van der Waals surface area contributed by atoms with E-state index in [4.69, 9.17) is 23.2 Å². The molecule has 0 radical (unpaired) electrons. The van der Waals surface area contributed by atoms with Gasteiger partial charge in [-0.1, -0.05) is 29.3 Å². The van der Waals surface area contributed by atoms with Gasteiger partial charge < -0.3 is 10.6 Å². The SMILES string of the molecule is O=C(NCc1ccc(Cl)c(Cl)c1)C1CCCN1. The number of carbonyl (C=O) groups excluding carboxylic acids is 1. The molecule has 0 aromatic heterocycles. The summed E-state index contributed by atoms with van der Waals surface area (Å²) in [4.78, 5) is 11.7. The van der Waals surface area contributed by atoms with Crippen LogP contribution in [0.5, 0.6) is 0 Å². The maximum atomic E-state index is 11.7. The normalized spacial score (nSPS) is 19.3. The molecule has 2 N–H and O–H groups in total. The Balaban J connectivity index is 1.88. The molecule has 1 amide bonds. The average molecular weight is 273 g/mol. The molecule has 1 fully saturated rings. The Morgan fingerprint density at radius 2 is 2.24 bits per heavy atom. The molecule has 2 rings (SSSR count). The van der Waals surface area contributed by atoms with Gasteiger partial charge in [-0.2, -0.15) is 0 Å².